The number of benzene rings is 1. The standard InChI is InChI=1S/C16H16N2O3S/c1-9-10(2)22-16(12(9)8-17)18-15(19)11-5-6-13(20-3)14(7-11)21-4/h5-7H,1-4H3,(H,18,19). The summed E-state index contributed by atoms with van der Waals surface area (Å²) in [6.45, 7) is 3.79. The first-order valence-electron chi connectivity index (χ1n) is 6.55. The predicted molar refractivity (Wildman–Crippen MR) is 86.0 cm³/mol. The summed E-state index contributed by atoms with van der Waals surface area (Å²) in [6, 6.07) is 7.06. The molecule has 0 atom stereocenters. The molecule has 0 spiro atoms. The van der Waals surface area contributed by atoms with Gasteiger partial charge in [-0.2, -0.15) is 5.26 Å². The van der Waals surface area contributed by atoms with Gasteiger partial charge in [-0.05, 0) is 37.6 Å². The van der Waals surface area contributed by atoms with Gasteiger partial charge in [0, 0.05) is 10.4 Å². The molecule has 6 heteroatoms. The van der Waals surface area contributed by atoms with Crippen LogP contribution in [0, 0.1) is 25.2 Å². The maximum Gasteiger partial charge on any atom is 0.256 e. The van der Waals surface area contributed by atoms with E-state index in [0.717, 1.165) is 10.4 Å². The molecule has 0 aliphatic carbocycles. The lowest BCUT2D eigenvalue weighted by molar-refractivity contribution is 0.102. The van der Waals surface area contributed by atoms with Gasteiger partial charge < -0.3 is 14.8 Å². The molecule has 1 aromatic heterocycles. The number of rotatable bonds is 4. The number of nitrogens with zero attached hydrogens (tertiary/aromatic N) is 1. The van der Waals surface area contributed by atoms with E-state index in [4.69, 9.17) is 9.47 Å². The van der Waals surface area contributed by atoms with Gasteiger partial charge >= 0.3 is 0 Å². The van der Waals surface area contributed by atoms with Crippen molar-refractivity contribution < 1.29 is 14.3 Å². The Balaban J connectivity index is 2.30. The summed E-state index contributed by atoms with van der Waals surface area (Å²) in [7, 11) is 3.05. The molecule has 0 unspecified atom stereocenters. The number of aryl methyl sites for hydroxylation is 1. The highest BCUT2D eigenvalue weighted by molar-refractivity contribution is 7.16. The van der Waals surface area contributed by atoms with E-state index in [9.17, 15) is 10.1 Å². The number of thiophene rings is 1. The molecule has 0 aliphatic heterocycles. The number of methoxy groups -OCH3 is 2. The fourth-order valence-corrected chi connectivity index (χ4v) is 3.01. The summed E-state index contributed by atoms with van der Waals surface area (Å²) in [5.74, 6) is 0.743. The predicted octanol–water partition coefficient (Wildman–Crippen LogP) is 3.51. The van der Waals surface area contributed by atoms with Crippen LogP contribution >= 0.6 is 11.3 Å². The van der Waals surface area contributed by atoms with Crippen LogP contribution in [-0.2, 0) is 0 Å². The van der Waals surface area contributed by atoms with Crippen molar-refractivity contribution in [2.45, 2.75) is 13.8 Å². The van der Waals surface area contributed by atoms with E-state index < -0.39 is 0 Å². The van der Waals surface area contributed by atoms with Gasteiger partial charge in [0.1, 0.15) is 11.1 Å². The molecular formula is C16H16N2O3S. The van der Waals surface area contributed by atoms with Crippen molar-refractivity contribution in [1.29, 1.82) is 5.26 Å². The molecule has 0 saturated carbocycles. The van der Waals surface area contributed by atoms with Crippen molar-refractivity contribution in [2.24, 2.45) is 0 Å². The normalized spacial score (nSPS) is 9.95. The fraction of sp³-hybridized carbons (Fsp3) is 0.250. The molecule has 1 aromatic carbocycles. The number of hydrogen-bond donors (Lipinski definition) is 1. The molecular weight excluding hydrogens is 300 g/mol. The molecule has 0 bridgehead atoms. The van der Waals surface area contributed by atoms with Gasteiger partial charge in [-0.15, -0.1) is 11.3 Å². The smallest absolute Gasteiger partial charge is 0.256 e. The quantitative estimate of drug-likeness (QED) is 0.937. The Hall–Kier alpha value is -2.52. The van der Waals surface area contributed by atoms with Gasteiger partial charge in [0.15, 0.2) is 11.5 Å². The van der Waals surface area contributed by atoms with Crippen molar-refractivity contribution in [3.8, 4) is 17.6 Å². The van der Waals surface area contributed by atoms with Crippen molar-refractivity contribution in [2.75, 3.05) is 19.5 Å². The van der Waals surface area contributed by atoms with Gasteiger partial charge in [0.2, 0.25) is 0 Å². The maximum atomic E-state index is 12.4. The first kappa shape index (κ1) is 15.9. The molecule has 2 rings (SSSR count). The van der Waals surface area contributed by atoms with Gasteiger partial charge in [0.25, 0.3) is 5.91 Å². The second-order valence-electron chi connectivity index (χ2n) is 4.62. The van der Waals surface area contributed by atoms with Crippen molar-refractivity contribution in [1.82, 2.24) is 0 Å². The lowest BCUT2D eigenvalue weighted by atomic mass is 10.1. The van der Waals surface area contributed by atoms with Crippen molar-refractivity contribution >= 4 is 22.2 Å². The molecule has 5 nitrogen and oxygen atoms in total. The summed E-state index contributed by atoms with van der Waals surface area (Å²) in [6.07, 6.45) is 0. The number of amides is 1. The molecule has 2 aromatic rings. The Morgan fingerprint density at radius 2 is 1.91 bits per heavy atom. The zero-order chi connectivity index (χ0) is 16.3. The fourth-order valence-electron chi connectivity index (χ4n) is 2.00. The Morgan fingerprint density at radius 1 is 1.23 bits per heavy atom. The van der Waals surface area contributed by atoms with Crippen LogP contribution in [0.1, 0.15) is 26.4 Å². The van der Waals surface area contributed by atoms with Crippen molar-refractivity contribution in [3.63, 3.8) is 0 Å². The SMILES string of the molecule is COc1ccc(C(=O)Nc2sc(C)c(C)c2C#N)cc1OC. The zero-order valence-electron chi connectivity index (χ0n) is 12.8. The number of carbonyl (C=O) groups excluding carboxylic acids is 1. The summed E-state index contributed by atoms with van der Waals surface area (Å²) in [4.78, 5) is 13.4. The van der Waals surface area contributed by atoms with Gasteiger partial charge in [-0.1, -0.05) is 0 Å². The van der Waals surface area contributed by atoms with Crippen LogP contribution in [0.5, 0.6) is 11.5 Å². The first-order valence-corrected chi connectivity index (χ1v) is 7.37. The van der Waals surface area contributed by atoms with Crippen LogP contribution in [0.4, 0.5) is 5.00 Å². The molecule has 0 saturated heterocycles. The third-order valence-corrected chi connectivity index (χ3v) is 4.49. The van der Waals surface area contributed by atoms with Crippen LogP contribution in [0.25, 0.3) is 0 Å². The van der Waals surface area contributed by atoms with E-state index in [-0.39, 0.29) is 5.91 Å². The van der Waals surface area contributed by atoms with Crippen LogP contribution in [0.15, 0.2) is 18.2 Å². The zero-order valence-corrected chi connectivity index (χ0v) is 13.6. The second-order valence-corrected chi connectivity index (χ2v) is 5.85. The average Bonchev–Trinajstić information content (AvgIpc) is 2.80. The molecule has 114 valence electrons. The highest BCUT2D eigenvalue weighted by Crippen LogP contribution is 2.33. The third-order valence-electron chi connectivity index (χ3n) is 3.37. The highest BCUT2D eigenvalue weighted by Gasteiger charge is 2.16. The summed E-state index contributed by atoms with van der Waals surface area (Å²) >= 11 is 1.40. The molecule has 1 N–H and O–H groups in total. The van der Waals surface area contributed by atoms with Crippen LogP contribution < -0.4 is 14.8 Å². The highest BCUT2D eigenvalue weighted by atomic mass is 32.1. The number of ether oxygens (including phenoxy) is 2. The van der Waals surface area contributed by atoms with E-state index in [1.54, 1.807) is 18.2 Å². The minimum absolute atomic E-state index is 0.293. The first-order chi connectivity index (χ1) is 10.5. The number of hydrogen-bond acceptors (Lipinski definition) is 5. The number of carbonyl (C=O) groups is 1. The summed E-state index contributed by atoms with van der Waals surface area (Å²) < 4.78 is 10.3. The Morgan fingerprint density at radius 3 is 2.50 bits per heavy atom. The van der Waals surface area contributed by atoms with Crippen LogP contribution in [-0.4, -0.2) is 20.1 Å². The Bertz CT molecular complexity index is 759. The second kappa shape index (κ2) is 6.50. The van der Waals surface area contributed by atoms with Gasteiger partial charge in [0.05, 0.1) is 19.8 Å². The topological polar surface area (TPSA) is 71.3 Å². The minimum atomic E-state index is -0.293. The number of nitrogens with one attached hydrogen (secondary N) is 1. The molecule has 0 radical (unpaired) electrons. The Kier molecular flexibility index (Phi) is 4.68. The van der Waals surface area contributed by atoms with Crippen molar-refractivity contribution in [3.05, 3.63) is 39.8 Å². The van der Waals surface area contributed by atoms with E-state index in [0.29, 0.717) is 27.6 Å². The van der Waals surface area contributed by atoms with Gasteiger partial charge in [-0.3, -0.25) is 4.79 Å². The minimum Gasteiger partial charge on any atom is -0.493 e. The number of anilines is 1. The molecule has 0 aliphatic rings. The third kappa shape index (κ3) is 2.90. The molecule has 1 heterocycles. The monoisotopic (exact) mass is 316 g/mol. The van der Waals surface area contributed by atoms with E-state index >= 15 is 0 Å². The van der Waals surface area contributed by atoms with E-state index in [1.807, 2.05) is 13.8 Å². The lowest BCUT2D eigenvalue weighted by Crippen LogP contribution is -2.12. The molecule has 1 amide bonds. The molecule has 0 fully saturated rings. The average molecular weight is 316 g/mol. The van der Waals surface area contributed by atoms with Gasteiger partial charge in [-0.25, -0.2) is 0 Å². The maximum absolute atomic E-state index is 12.4. The van der Waals surface area contributed by atoms with E-state index in [1.165, 1.54) is 25.6 Å². The van der Waals surface area contributed by atoms with Crippen LogP contribution in [0.2, 0.25) is 0 Å². The van der Waals surface area contributed by atoms with Crippen LogP contribution in [0.3, 0.4) is 0 Å². The largest absolute Gasteiger partial charge is 0.493 e. The Labute approximate surface area is 133 Å². The lowest BCUT2D eigenvalue weighted by Gasteiger charge is -2.09. The molecule has 22 heavy (non-hydrogen) atoms. The van der Waals surface area contributed by atoms with E-state index in [2.05, 4.69) is 11.4 Å². The summed E-state index contributed by atoms with van der Waals surface area (Å²) in [5.41, 5.74) is 1.84. The summed E-state index contributed by atoms with van der Waals surface area (Å²) in [5, 5.41) is 12.6. The number of nitriles is 1.